The number of aromatic nitrogens is 2. The Morgan fingerprint density at radius 3 is 2.63 bits per heavy atom. The molecule has 0 aliphatic carbocycles. The summed E-state index contributed by atoms with van der Waals surface area (Å²) in [5.41, 5.74) is 9.84. The van der Waals surface area contributed by atoms with E-state index in [0.29, 0.717) is 25.2 Å². The summed E-state index contributed by atoms with van der Waals surface area (Å²) in [5.74, 6) is 0.878. The fourth-order valence-corrected chi connectivity index (χ4v) is 3.47. The normalized spacial score (nSPS) is 19.5. The SMILES string of the molecule is Cl.[C-]#[N+]c1ccc(Cn2c(N3CC[C@H](O)[C@@H](N)C3)nc3ccccc32)cc1. The van der Waals surface area contributed by atoms with Gasteiger partial charge < -0.3 is 20.3 Å². The van der Waals surface area contributed by atoms with Crippen LogP contribution >= 0.6 is 12.4 Å². The van der Waals surface area contributed by atoms with Crippen molar-refractivity contribution in [1.29, 1.82) is 0 Å². The highest BCUT2D eigenvalue weighted by Crippen LogP contribution is 2.26. The summed E-state index contributed by atoms with van der Waals surface area (Å²) < 4.78 is 2.19. The minimum Gasteiger partial charge on any atom is -0.391 e. The standard InChI is InChI=1S/C20H21N5O.ClH/c1-22-15-8-6-14(7-9-15)12-25-18-5-3-2-4-17(18)23-20(25)24-11-10-19(26)16(21)13-24;/h2-9,16,19,26H,10-13,21H2;1H/t16-,19-;/m0./s1. The molecule has 2 heterocycles. The van der Waals surface area contributed by atoms with Gasteiger partial charge >= 0.3 is 0 Å². The first-order chi connectivity index (χ1) is 12.7. The van der Waals surface area contributed by atoms with Crippen molar-refractivity contribution in [2.75, 3.05) is 18.0 Å². The van der Waals surface area contributed by atoms with Gasteiger partial charge in [-0.05, 0) is 24.1 Å². The fourth-order valence-electron chi connectivity index (χ4n) is 3.47. The maximum atomic E-state index is 9.93. The molecule has 7 heteroatoms. The lowest BCUT2D eigenvalue weighted by atomic mass is 10.0. The largest absolute Gasteiger partial charge is 0.391 e. The number of hydrogen-bond acceptors (Lipinski definition) is 4. The maximum Gasteiger partial charge on any atom is 0.206 e. The van der Waals surface area contributed by atoms with E-state index in [9.17, 15) is 5.11 Å². The number of piperidine rings is 1. The first-order valence-corrected chi connectivity index (χ1v) is 8.76. The number of aliphatic hydroxyl groups is 1. The van der Waals surface area contributed by atoms with Gasteiger partial charge in [-0.15, -0.1) is 12.4 Å². The maximum absolute atomic E-state index is 9.93. The Labute approximate surface area is 164 Å². The lowest BCUT2D eigenvalue weighted by molar-refractivity contribution is 0.124. The van der Waals surface area contributed by atoms with Crippen molar-refractivity contribution in [3.63, 3.8) is 0 Å². The number of fused-ring (bicyclic) bond motifs is 1. The molecule has 1 saturated heterocycles. The highest BCUT2D eigenvalue weighted by molar-refractivity contribution is 5.85. The van der Waals surface area contributed by atoms with Crippen molar-refractivity contribution < 1.29 is 5.11 Å². The number of anilines is 1. The van der Waals surface area contributed by atoms with E-state index in [4.69, 9.17) is 17.3 Å². The summed E-state index contributed by atoms with van der Waals surface area (Å²) in [7, 11) is 0. The average Bonchev–Trinajstić information content (AvgIpc) is 3.03. The summed E-state index contributed by atoms with van der Waals surface area (Å²) >= 11 is 0. The third-order valence-electron chi connectivity index (χ3n) is 4.94. The molecule has 2 atom stereocenters. The number of nitrogens with two attached hydrogens (primary N) is 1. The van der Waals surface area contributed by atoms with E-state index in [2.05, 4.69) is 20.4 Å². The van der Waals surface area contributed by atoms with Crippen LogP contribution in [0.1, 0.15) is 12.0 Å². The molecule has 4 rings (SSSR count). The van der Waals surface area contributed by atoms with Crippen molar-refractivity contribution in [2.45, 2.75) is 25.1 Å². The van der Waals surface area contributed by atoms with Crippen LogP contribution in [0.3, 0.4) is 0 Å². The van der Waals surface area contributed by atoms with E-state index in [1.807, 2.05) is 42.5 Å². The molecule has 1 aliphatic heterocycles. The first-order valence-electron chi connectivity index (χ1n) is 8.76. The van der Waals surface area contributed by atoms with E-state index in [-0.39, 0.29) is 18.4 Å². The van der Waals surface area contributed by atoms with Crippen molar-refractivity contribution >= 4 is 35.1 Å². The topological polar surface area (TPSA) is 71.7 Å². The quantitative estimate of drug-likeness (QED) is 0.682. The summed E-state index contributed by atoms with van der Waals surface area (Å²) in [4.78, 5) is 10.4. The Morgan fingerprint density at radius 1 is 1.19 bits per heavy atom. The van der Waals surface area contributed by atoms with Gasteiger partial charge in [-0.3, -0.25) is 0 Å². The van der Waals surface area contributed by atoms with Crippen LogP contribution in [-0.2, 0) is 6.54 Å². The molecule has 2 aromatic carbocycles. The van der Waals surface area contributed by atoms with E-state index in [1.165, 1.54) is 0 Å². The van der Waals surface area contributed by atoms with Gasteiger partial charge in [0.1, 0.15) is 0 Å². The van der Waals surface area contributed by atoms with Gasteiger partial charge in [0.25, 0.3) is 0 Å². The fraction of sp³-hybridized carbons (Fsp3) is 0.300. The molecule has 0 radical (unpaired) electrons. The zero-order valence-electron chi connectivity index (χ0n) is 14.8. The van der Waals surface area contributed by atoms with E-state index >= 15 is 0 Å². The third kappa shape index (κ3) is 3.76. The predicted molar refractivity (Wildman–Crippen MR) is 110 cm³/mol. The molecule has 1 aliphatic rings. The molecule has 0 spiro atoms. The van der Waals surface area contributed by atoms with Gasteiger partial charge in [-0.1, -0.05) is 36.4 Å². The zero-order chi connectivity index (χ0) is 18.1. The molecule has 0 amide bonds. The molecule has 3 N–H and O–H groups in total. The summed E-state index contributed by atoms with van der Waals surface area (Å²) in [6, 6.07) is 15.5. The molecule has 140 valence electrons. The molecule has 1 aromatic heterocycles. The van der Waals surface area contributed by atoms with Gasteiger partial charge in [0.2, 0.25) is 5.95 Å². The molecular formula is C20H22ClN5O. The number of hydrogen-bond donors (Lipinski definition) is 2. The molecule has 0 saturated carbocycles. The summed E-state index contributed by atoms with van der Waals surface area (Å²) in [5, 5.41) is 9.93. The smallest absolute Gasteiger partial charge is 0.206 e. The molecule has 0 bridgehead atoms. The molecule has 1 fully saturated rings. The van der Waals surface area contributed by atoms with Crippen molar-refractivity contribution in [3.05, 3.63) is 65.5 Å². The van der Waals surface area contributed by atoms with Crippen LogP contribution in [0.5, 0.6) is 0 Å². The van der Waals surface area contributed by atoms with Crippen LogP contribution in [0, 0.1) is 6.57 Å². The lowest BCUT2D eigenvalue weighted by Gasteiger charge is -2.35. The predicted octanol–water partition coefficient (Wildman–Crippen LogP) is 2.96. The lowest BCUT2D eigenvalue weighted by Crippen LogP contribution is -2.52. The first kappa shape index (κ1) is 19.2. The van der Waals surface area contributed by atoms with E-state index in [1.54, 1.807) is 0 Å². The van der Waals surface area contributed by atoms with Crippen LogP contribution < -0.4 is 10.6 Å². The monoisotopic (exact) mass is 383 g/mol. The van der Waals surface area contributed by atoms with Crippen LogP contribution in [0.2, 0.25) is 0 Å². The number of nitrogens with zero attached hydrogens (tertiary/aromatic N) is 4. The Balaban J connectivity index is 0.00000210. The second-order valence-electron chi connectivity index (χ2n) is 6.73. The number of rotatable bonds is 3. The van der Waals surface area contributed by atoms with Gasteiger partial charge in [-0.2, -0.15) is 0 Å². The van der Waals surface area contributed by atoms with Crippen LogP contribution in [0.15, 0.2) is 48.5 Å². The number of halogens is 1. The van der Waals surface area contributed by atoms with Gasteiger partial charge in [0.15, 0.2) is 5.69 Å². The van der Waals surface area contributed by atoms with Crippen LogP contribution in [0.4, 0.5) is 11.6 Å². The third-order valence-corrected chi connectivity index (χ3v) is 4.94. The molecular weight excluding hydrogens is 362 g/mol. The minimum absolute atomic E-state index is 0. The number of benzene rings is 2. The van der Waals surface area contributed by atoms with Crippen LogP contribution in [0.25, 0.3) is 15.9 Å². The highest BCUT2D eigenvalue weighted by atomic mass is 35.5. The number of para-hydroxylation sites is 2. The summed E-state index contributed by atoms with van der Waals surface area (Å²) in [6.07, 6.45) is 0.189. The molecule has 6 nitrogen and oxygen atoms in total. The Hall–Kier alpha value is -2.59. The van der Waals surface area contributed by atoms with Gasteiger partial charge in [-0.25, -0.2) is 9.83 Å². The average molecular weight is 384 g/mol. The van der Waals surface area contributed by atoms with E-state index < -0.39 is 6.10 Å². The zero-order valence-corrected chi connectivity index (χ0v) is 15.6. The number of aliphatic hydroxyl groups excluding tert-OH is 1. The van der Waals surface area contributed by atoms with Crippen molar-refractivity contribution in [3.8, 4) is 0 Å². The Morgan fingerprint density at radius 2 is 1.93 bits per heavy atom. The highest BCUT2D eigenvalue weighted by Gasteiger charge is 2.28. The summed E-state index contributed by atoms with van der Waals surface area (Å²) in [6.45, 7) is 9.08. The second-order valence-corrected chi connectivity index (χ2v) is 6.73. The van der Waals surface area contributed by atoms with Crippen molar-refractivity contribution in [1.82, 2.24) is 9.55 Å². The second kappa shape index (κ2) is 7.97. The molecule has 3 aromatic rings. The molecule has 27 heavy (non-hydrogen) atoms. The van der Waals surface area contributed by atoms with Crippen LogP contribution in [-0.4, -0.2) is 39.9 Å². The Kier molecular flexibility index (Phi) is 5.66. The number of imidazole rings is 1. The molecule has 0 unspecified atom stereocenters. The van der Waals surface area contributed by atoms with Crippen molar-refractivity contribution in [2.24, 2.45) is 5.73 Å². The van der Waals surface area contributed by atoms with Gasteiger partial charge in [0.05, 0.1) is 30.3 Å². The minimum atomic E-state index is -0.453. The Bertz CT molecular complexity index is 963. The van der Waals surface area contributed by atoms with Gasteiger partial charge in [0, 0.05) is 19.1 Å². The van der Waals surface area contributed by atoms with E-state index in [0.717, 1.165) is 29.1 Å².